The van der Waals surface area contributed by atoms with Crippen molar-refractivity contribution in [3.8, 4) is 11.8 Å². The van der Waals surface area contributed by atoms with E-state index in [9.17, 15) is 17.6 Å². The van der Waals surface area contributed by atoms with Gasteiger partial charge in [0.2, 0.25) is 0 Å². The van der Waals surface area contributed by atoms with Gasteiger partial charge in [0.25, 0.3) is 0 Å². The van der Waals surface area contributed by atoms with Crippen LogP contribution < -0.4 is 0 Å². The van der Waals surface area contributed by atoms with Gasteiger partial charge in [-0.05, 0) is 99.7 Å². The highest BCUT2D eigenvalue weighted by Gasteiger charge is 2.31. The summed E-state index contributed by atoms with van der Waals surface area (Å²) in [6.45, 7) is 2.09. The van der Waals surface area contributed by atoms with E-state index >= 15 is 0 Å². The Labute approximate surface area is 165 Å². The molecule has 1 aromatic rings. The van der Waals surface area contributed by atoms with E-state index in [1.165, 1.54) is 50.7 Å². The van der Waals surface area contributed by atoms with Crippen LogP contribution in [0.3, 0.4) is 0 Å². The summed E-state index contributed by atoms with van der Waals surface area (Å²) < 4.78 is 50.8. The van der Waals surface area contributed by atoms with E-state index in [1.807, 2.05) is 5.92 Å². The molecule has 2 saturated carbocycles. The van der Waals surface area contributed by atoms with Crippen LogP contribution in [0, 0.1) is 35.4 Å². The van der Waals surface area contributed by atoms with E-state index in [0.29, 0.717) is 5.92 Å². The second kappa shape index (κ2) is 9.16. The molecule has 0 saturated heterocycles. The van der Waals surface area contributed by atoms with Crippen molar-refractivity contribution in [3.63, 3.8) is 0 Å². The first-order valence-electron chi connectivity index (χ1n) is 10.4. The Bertz CT molecular complexity index is 734. The van der Waals surface area contributed by atoms with Gasteiger partial charge >= 0.3 is 6.18 Å². The molecule has 0 unspecified atom stereocenters. The number of alkyl halides is 3. The van der Waals surface area contributed by atoms with E-state index in [4.69, 9.17) is 0 Å². The summed E-state index contributed by atoms with van der Waals surface area (Å²) in [7, 11) is 0. The molecule has 3 rings (SSSR count). The first kappa shape index (κ1) is 21.0. The maximum atomic E-state index is 14.2. The SMILES string of the molecule is CC=CC1CCC(C2CCC(c3ccc(C#CC(F)(F)F)c(F)c3)CC2)CC1. The summed E-state index contributed by atoms with van der Waals surface area (Å²) in [5, 5.41) is 0. The Balaban J connectivity index is 1.55. The Morgan fingerprint density at radius 1 is 0.929 bits per heavy atom. The third-order valence-electron chi connectivity index (χ3n) is 6.52. The van der Waals surface area contributed by atoms with Crippen molar-refractivity contribution in [2.24, 2.45) is 17.8 Å². The molecule has 4 heteroatoms. The zero-order chi connectivity index (χ0) is 20.1. The van der Waals surface area contributed by atoms with Gasteiger partial charge in [-0.25, -0.2) is 4.39 Å². The van der Waals surface area contributed by atoms with Crippen molar-refractivity contribution in [3.05, 3.63) is 47.3 Å². The number of allylic oxidation sites excluding steroid dienone is 2. The maximum Gasteiger partial charge on any atom is 0.458 e. The summed E-state index contributed by atoms with van der Waals surface area (Å²) in [6, 6.07) is 4.52. The van der Waals surface area contributed by atoms with Gasteiger partial charge in [-0.15, -0.1) is 0 Å². The highest BCUT2D eigenvalue weighted by atomic mass is 19.4. The molecular formula is C24H28F4. The molecule has 0 atom stereocenters. The summed E-state index contributed by atoms with van der Waals surface area (Å²) in [5.41, 5.74) is 0.706. The quantitative estimate of drug-likeness (QED) is 0.286. The molecule has 0 bridgehead atoms. The molecule has 0 spiro atoms. The smallest absolute Gasteiger partial charge is 0.206 e. The van der Waals surface area contributed by atoms with Crippen molar-refractivity contribution in [2.75, 3.05) is 0 Å². The summed E-state index contributed by atoms with van der Waals surface area (Å²) in [4.78, 5) is 0. The predicted octanol–water partition coefficient (Wildman–Crippen LogP) is 7.40. The van der Waals surface area contributed by atoms with Crippen LogP contribution in [0.4, 0.5) is 17.6 Å². The molecule has 0 N–H and O–H groups in total. The zero-order valence-corrected chi connectivity index (χ0v) is 16.4. The predicted molar refractivity (Wildman–Crippen MR) is 104 cm³/mol. The van der Waals surface area contributed by atoms with Gasteiger partial charge in [0.15, 0.2) is 0 Å². The van der Waals surface area contributed by atoms with Crippen LogP contribution in [-0.2, 0) is 0 Å². The second-order valence-corrected chi connectivity index (χ2v) is 8.30. The maximum absolute atomic E-state index is 14.2. The molecular weight excluding hydrogens is 364 g/mol. The standard InChI is InChI=1S/C24H28F4/c1-2-3-17-4-6-18(7-5-17)19-8-10-20(11-9-19)22-13-12-21(23(25)16-22)14-15-24(26,27)28/h2-3,12-13,16-20H,4-11H2,1H3. The average molecular weight is 392 g/mol. The lowest BCUT2D eigenvalue weighted by Gasteiger charge is -2.37. The van der Waals surface area contributed by atoms with Crippen LogP contribution in [0.25, 0.3) is 0 Å². The van der Waals surface area contributed by atoms with Crippen molar-refractivity contribution in [2.45, 2.75) is 70.4 Å². The van der Waals surface area contributed by atoms with E-state index in [2.05, 4.69) is 19.1 Å². The second-order valence-electron chi connectivity index (χ2n) is 8.30. The normalized spacial score (nSPS) is 28.8. The number of hydrogen-bond donors (Lipinski definition) is 0. The largest absolute Gasteiger partial charge is 0.458 e. The minimum atomic E-state index is -4.60. The van der Waals surface area contributed by atoms with Gasteiger partial charge in [-0.2, -0.15) is 13.2 Å². The fraction of sp³-hybridized carbons (Fsp3) is 0.583. The molecule has 0 nitrogen and oxygen atoms in total. The van der Waals surface area contributed by atoms with Crippen molar-refractivity contribution >= 4 is 0 Å². The molecule has 0 heterocycles. The molecule has 1 aromatic carbocycles. The lowest BCUT2D eigenvalue weighted by atomic mass is 9.68. The highest BCUT2D eigenvalue weighted by Crippen LogP contribution is 2.44. The van der Waals surface area contributed by atoms with Crippen LogP contribution in [0.5, 0.6) is 0 Å². The molecule has 152 valence electrons. The third-order valence-corrected chi connectivity index (χ3v) is 6.52. The fourth-order valence-electron chi connectivity index (χ4n) is 5.03. The van der Waals surface area contributed by atoms with Crippen LogP contribution in [0.2, 0.25) is 0 Å². The lowest BCUT2D eigenvalue weighted by Crippen LogP contribution is -2.25. The van der Waals surface area contributed by atoms with Gasteiger partial charge in [0.1, 0.15) is 5.82 Å². The Kier molecular flexibility index (Phi) is 6.86. The molecule has 0 aromatic heterocycles. The molecule has 2 fully saturated rings. The highest BCUT2D eigenvalue weighted by molar-refractivity contribution is 5.39. The molecule has 2 aliphatic rings. The van der Waals surface area contributed by atoms with Crippen LogP contribution in [0.1, 0.15) is 75.3 Å². The van der Waals surface area contributed by atoms with Crippen LogP contribution in [-0.4, -0.2) is 6.18 Å². The van der Waals surface area contributed by atoms with E-state index < -0.39 is 12.0 Å². The number of hydrogen-bond acceptors (Lipinski definition) is 0. The first-order valence-corrected chi connectivity index (χ1v) is 10.4. The van der Waals surface area contributed by atoms with Crippen LogP contribution >= 0.6 is 0 Å². The molecule has 0 radical (unpaired) electrons. The summed E-state index contributed by atoms with van der Waals surface area (Å²) >= 11 is 0. The van der Waals surface area contributed by atoms with Crippen molar-refractivity contribution < 1.29 is 17.6 Å². The lowest BCUT2D eigenvalue weighted by molar-refractivity contribution is -0.0696. The van der Waals surface area contributed by atoms with Gasteiger partial charge < -0.3 is 0 Å². The summed E-state index contributed by atoms with van der Waals surface area (Å²) in [6.07, 6.45) is 9.51. The number of rotatable bonds is 3. The number of benzene rings is 1. The van der Waals surface area contributed by atoms with E-state index in [0.717, 1.165) is 42.1 Å². The van der Waals surface area contributed by atoms with Gasteiger partial charge in [0, 0.05) is 5.92 Å². The zero-order valence-electron chi connectivity index (χ0n) is 16.4. The topological polar surface area (TPSA) is 0 Å². The fourth-order valence-corrected chi connectivity index (χ4v) is 5.03. The van der Waals surface area contributed by atoms with Crippen molar-refractivity contribution in [1.29, 1.82) is 0 Å². The Morgan fingerprint density at radius 2 is 1.54 bits per heavy atom. The molecule has 2 aliphatic carbocycles. The number of halogens is 4. The van der Waals surface area contributed by atoms with Gasteiger partial charge in [-0.3, -0.25) is 0 Å². The van der Waals surface area contributed by atoms with Crippen LogP contribution in [0.15, 0.2) is 30.4 Å². The average Bonchev–Trinajstić information content (AvgIpc) is 2.67. The molecule has 28 heavy (non-hydrogen) atoms. The minimum Gasteiger partial charge on any atom is -0.206 e. The molecule has 0 aliphatic heterocycles. The van der Waals surface area contributed by atoms with Gasteiger partial charge in [-0.1, -0.05) is 24.1 Å². The minimum absolute atomic E-state index is 0.187. The third kappa shape index (κ3) is 5.63. The van der Waals surface area contributed by atoms with Crippen molar-refractivity contribution in [1.82, 2.24) is 0 Å². The Hall–Kier alpha value is -1.76. The Morgan fingerprint density at radius 3 is 2.07 bits per heavy atom. The van der Waals surface area contributed by atoms with E-state index in [1.54, 1.807) is 6.07 Å². The summed E-state index contributed by atoms with van der Waals surface area (Å²) in [5.74, 6) is 5.01. The first-order chi connectivity index (χ1) is 13.4. The molecule has 0 amide bonds. The van der Waals surface area contributed by atoms with Gasteiger partial charge in [0.05, 0.1) is 5.56 Å². The van der Waals surface area contributed by atoms with E-state index in [-0.39, 0.29) is 5.56 Å². The monoisotopic (exact) mass is 392 g/mol.